The summed E-state index contributed by atoms with van der Waals surface area (Å²) in [5, 5.41) is 4.36. The molecule has 0 aliphatic carbocycles. The highest BCUT2D eigenvalue weighted by atomic mass is 19.1. The summed E-state index contributed by atoms with van der Waals surface area (Å²) in [6.45, 7) is 3.98. The lowest BCUT2D eigenvalue weighted by Gasteiger charge is -2.32. The van der Waals surface area contributed by atoms with Crippen molar-refractivity contribution in [1.82, 2.24) is 14.8 Å². The van der Waals surface area contributed by atoms with E-state index in [1.165, 1.54) is 17.0 Å². The van der Waals surface area contributed by atoms with Gasteiger partial charge in [-0.2, -0.15) is 0 Å². The van der Waals surface area contributed by atoms with Crippen LogP contribution in [0.1, 0.15) is 24.8 Å². The van der Waals surface area contributed by atoms with Crippen LogP contribution in [0.5, 0.6) is 0 Å². The molecule has 1 aromatic heterocycles. The molecule has 1 aliphatic heterocycles. The average molecular weight is 394 g/mol. The number of hydrogen-bond acceptors (Lipinski definition) is 2. The number of carbonyl (C=O) groups is 1. The molecule has 2 aromatic carbocycles. The molecule has 0 bridgehead atoms. The lowest BCUT2D eigenvalue weighted by molar-refractivity contribution is -0.126. The van der Waals surface area contributed by atoms with Gasteiger partial charge in [0.05, 0.1) is 5.92 Å². The molecule has 152 valence electrons. The molecule has 1 N–H and O–H groups in total. The molecular weight excluding hydrogens is 365 g/mol. The molecule has 1 saturated heterocycles. The summed E-state index contributed by atoms with van der Waals surface area (Å²) in [5.41, 5.74) is 2.20. The molecule has 4 nitrogen and oxygen atoms in total. The third-order valence-corrected chi connectivity index (χ3v) is 5.73. The number of benzene rings is 2. The minimum atomic E-state index is -0.204. The number of piperidine rings is 1. The van der Waals surface area contributed by atoms with Gasteiger partial charge in [-0.3, -0.25) is 9.69 Å². The van der Waals surface area contributed by atoms with E-state index in [0.717, 1.165) is 44.5 Å². The Morgan fingerprint density at radius 1 is 1.14 bits per heavy atom. The number of amides is 1. The number of carbonyl (C=O) groups excluding carboxylic acids is 1. The Kier molecular flexibility index (Phi) is 6.25. The monoisotopic (exact) mass is 393 g/mol. The van der Waals surface area contributed by atoms with Gasteiger partial charge < -0.3 is 9.88 Å². The molecule has 1 aliphatic rings. The van der Waals surface area contributed by atoms with Gasteiger partial charge in [-0.1, -0.05) is 30.3 Å². The fourth-order valence-electron chi connectivity index (χ4n) is 4.25. The molecule has 1 atom stereocenters. The molecule has 5 heteroatoms. The Balaban J connectivity index is 1.23. The first kappa shape index (κ1) is 19.6. The molecule has 0 radical (unpaired) electrons. The van der Waals surface area contributed by atoms with Gasteiger partial charge in [-0.15, -0.1) is 0 Å². The number of para-hydroxylation sites is 1. The van der Waals surface area contributed by atoms with Crippen LogP contribution in [0.15, 0.2) is 60.8 Å². The van der Waals surface area contributed by atoms with Crippen LogP contribution in [0, 0.1) is 11.7 Å². The van der Waals surface area contributed by atoms with Crippen molar-refractivity contribution >= 4 is 16.8 Å². The smallest absolute Gasteiger partial charge is 0.224 e. The van der Waals surface area contributed by atoms with E-state index in [4.69, 9.17) is 0 Å². The van der Waals surface area contributed by atoms with E-state index in [0.29, 0.717) is 13.1 Å². The predicted octanol–water partition coefficient (Wildman–Crippen LogP) is 4.20. The highest BCUT2D eigenvalue weighted by Crippen LogP contribution is 2.19. The van der Waals surface area contributed by atoms with E-state index in [1.54, 1.807) is 12.1 Å². The number of fused-ring (bicyclic) bond motifs is 1. The quantitative estimate of drug-likeness (QED) is 0.611. The van der Waals surface area contributed by atoms with Crippen molar-refractivity contribution in [2.45, 2.75) is 32.4 Å². The van der Waals surface area contributed by atoms with Crippen molar-refractivity contribution < 1.29 is 9.18 Å². The molecule has 29 heavy (non-hydrogen) atoms. The molecule has 1 amide bonds. The Hall–Kier alpha value is -2.66. The molecule has 1 fully saturated rings. The minimum Gasteiger partial charge on any atom is -0.356 e. The normalized spacial score (nSPS) is 17.5. The summed E-state index contributed by atoms with van der Waals surface area (Å²) in [5.74, 6) is -0.0414. The molecule has 0 spiro atoms. The second-order valence-corrected chi connectivity index (χ2v) is 7.92. The van der Waals surface area contributed by atoms with Gasteiger partial charge in [0.15, 0.2) is 0 Å². The number of likely N-dealkylation sites (tertiary alicyclic amines) is 1. The van der Waals surface area contributed by atoms with E-state index < -0.39 is 0 Å². The predicted molar refractivity (Wildman–Crippen MR) is 114 cm³/mol. The Bertz CT molecular complexity index is 967. The minimum absolute atomic E-state index is 0.0183. The molecule has 2 heterocycles. The summed E-state index contributed by atoms with van der Waals surface area (Å²) in [4.78, 5) is 14.9. The van der Waals surface area contributed by atoms with E-state index >= 15 is 0 Å². The van der Waals surface area contributed by atoms with Crippen LogP contribution in [0.2, 0.25) is 0 Å². The maximum atomic E-state index is 13.4. The molecule has 1 unspecified atom stereocenters. The van der Waals surface area contributed by atoms with Crippen molar-refractivity contribution in [3.63, 3.8) is 0 Å². The van der Waals surface area contributed by atoms with Crippen molar-refractivity contribution in [1.29, 1.82) is 0 Å². The first-order valence-electron chi connectivity index (χ1n) is 10.5. The van der Waals surface area contributed by atoms with E-state index in [-0.39, 0.29) is 17.6 Å². The van der Waals surface area contributed by atoms with Gasteiger partial charge >= 0.3 is 0 Å². The zero-order chi connectivity index (χ0) is 20.1. The van der Waals surface area contributed by atoms with Crippen LogP contribution in [-0.2, 0) is 17.9 Å². The van der Waals surface area contributed by atoms with Gasteiger partial charge in [0.25, 0.3) is 0 Å². The SMILES string of the molecule is O=C(NCCCn1ccc2ccccc21)C1CCCN(Cc2cccc(F)c2)C1. The van der Waals surface area contributed by atoms with Gasteiger partial charge in [0.2, 0.25) is 5.91 Å². The fourth-order valence-corrected chi connectivity index (χ4v) is 4.25. The molecule has 3 aromatic rings. The number of halogens is 1. The van der Waals surface area contributed by atoms with Gasteiger partial charge in [0.1, 0.15) is 5.82 Å². The zero-order valence-electron chi connectivity index (χ0n) is 16.7. The topological polar surface area (TPSA) is 37.3 Å². The number of nitrogens with one attached hydrogen (secondary N) is 1. The number of hydrogen-bond donors (Lipinski definition) is 1. The Labute approximate surface area is 171 Å². The van der Waals surface area contributed by atoms with Gasteiger partial charge in [0, 0.05) is 37.9 Å². The lowest BCUT2D eigenvalue weighted by atomic mass is 9.96. The number of nitrogens with zero attached hydrogens (tertiary/aromatic N) is 2. The van der Waals surface area contributed by atoms with Crippen LogP contribution in [0.4, 0.5) is 4.39 Å². The van der Waals surface area contributed by atoms with Crippen molar-refractivity contribution in [2.24, 2.45) is 5.92 Å². The summed E-state index contributed by atoms with van der Waals surface area (Å²) in [6.07, 6.45) is 4.94. The summed E-state index contributed by atoms with van der Waals surface area (Å²) >= 11 is 0. The average Bonchev–Trinajstić information content (AvgIpc) is 3.14. The fraction of sp³-hybridized carbons (Fsp3) is 0.375. The second-order valence-electron chi connectivity index (χ2n) is 7.92. The first-order valence-corrected chi connectivity index (χ1v) is 10.5. The van der Waals surface area contributed by atoms with Crippen molar-refractivity contribution in [3.8, 4) is 0 Å². The van der Waals surface area contributed by atoms with E-state index in [9.17, 15) is 9.18 Å². The maximum Gasteiger partial charge on any atom is 0.224 e. The molecule has 4 rings (SSSR count). The Morgan fingerprint density at radius 3 is 2.93 bits per heavy atom. The summed E-state index contributed by atoms with van der Waals surface area (Å²) < 4.78 is 15.6. The first-order chi connectivity index (χ1) is 14.2. The van der Waals surface area contributed by atoms with Crippen LogP contribution in [0.3, 0.4) is 0 Å². The third-order valence-electron chi connectivity index (χ3n) is 5.73. The largest absolute Gasteiger partial charge is 0.356 e. The van der Waals surface area contributed by atoms with E-state index in [1.807, 2.05) is 6.07 Å². The van der Waals surface area contributed by atoms with Crippen molar-refractivity contribution in [3.05, 3.63) is 72.2 Å². The number of aromatic nitrogens is 1. The standard InChI is InChI=1S/C24H28FN3O/c25-22-9-3-6-19(16-22)17-27-13-4-8-21(18-27)24(29)26-12-5-14-28-15-11-20-7-1-2-10-23(20)28/h1-3,6-7,9-11,15-16,21H,4-5,8,12-14,17-18H2,(H,26,29). The van der Waals surface area contributed by atoms with Crippen LogP contribution >= 0.6 is 0 Å². The lowest BCUT2D eigenvalue weighted by Crippen LogP contribution is -2.43. The Morgan fingerprint density at radius 2 is 2.03 bits per heavy atom. The third kappa shape index (κ3) is 5.04. The van der Waals surface area contributed by atoms with Crippen molar-refractivity contribution in [2.75, 3.05) is 19.6 Å². The number of rotatable bonds is 7. The van der Waals surface area contributed by atoms with Crippen LogP contribution < -0.4 is 5.32 Å². The summed E-state index contributed by atoms with van der Waals surface area (Å²) in [6, 6.07) is 17.2. The van der Waals surface area contributed by atoms with Gasteiger partial charge in [-0.05, 0) is 61.0 Å². The molecule has 0 saturated carbocycles. The van der Waals surface area contributed by atoms with Crippen LogP contribution in [0.25, 0.3) is 10.9 Å². The number of aryl methyl sites for hydroxylation is 1. The highest BCUT2D eigenvalue weighted by molar-refractivity contribution is 5.80. The zero-order valence-corrected chi connectivity index (χ0v) is 16.7. The van der Waals surface area contributed by atoms with Crippen LogP contribution in [-0.4, -0.2) is 35.0 Å². The van der Waals surface area contributed by atoms with Gasteiger partial charge in [-0.25, -0.2) is 4.39 Å². The molecular formula is C24H28FN3O. The summed E-state index contributed by atoms with van der Waals surface area (Å²) in [7, 11) is 0. The highest BCUT2D eigenvalue weighted by Gasteiger charge is 2.25. The maximum absolute atomic E-state index is 13.4. The van der Waals surface area contributed by atoms with E-state index in [2.05, 4.69) is 51.3 Å². The second kappa shape index (κ2) is 9.23.